The van der Waals surface area contributed by atoms with Gasteiger partial charge in [0.1, 0.15) is 12.3 Å². The van der Waals surface area contributed by atoms with Gasteiger partial charge in [-0.1, -0.05) is 17.7 Å². The van der Waals surface area contributed by atoms with Gasteiger partial charge in [-0.15, -0.1) is 0 Å². The summed E-state index contributed by atoms with van der Waals surface area (Å²) in [6.07, 6.45) is -0.669. The quantitative estimate of drug-likeness (QED) is 0.794. The fraction of sp³-hybridized carbons (Fsp3) is 0.385. The lowest BCUT2D eigenvalue weighted by Crippen LogP contribution is -2.39. The first-order valence-electron chi connectivity index (χ1n) is 5.60. The van der Waals surface area contributed by atoms with Gasteiger partial charge in [0.05, 0.1) is 7.11 Å². The summed E-state index contributed by atoms with van der Waals surface area (Å²) < 4.78 is 9.85. The summed E-state index contributed by atoms with van der Waals surface area (Å²) in [5.41, 5.74) is 1.12. The molecule has 0 aromatic heterocycles. The van der Waals surface area contributed by atoms with Crippen molar-refractivity contribution >= 4 is 11.9 Å². The van der Waals surface area contributed by atoms with Gasteiger partial charge in [-0.25, -0.2) is 0 Å². The van der Waals surface area contributed by atoms with Crippen molar-refractivity contribution in [2.75, 3.05) is 13.7 Å². The second-order valence-corrected chi connectivity index (χ2v) is 3.87. The van der Waals surface area contributed by atoms with Gasteiger partial charge in [0.15, 0.2) is 6.10 Å². The van der Waals surface area contributed by atoms with E-state index >= 15 is 0 Å². The van der Waals surface area contributed by atoms with Crippen LogP contribution in [-0.4, -0.2) is 31.6 Å². The molecule has 0 spiro atoms. The molecule has 1 aromatic carbocycles. The summed E-state index contributed by atoms with van der Waals surface area (Å²) in [7, 11) is 1.26. The number of nitrogens with one attached hydrogen (secondary N) is 1. The number of aryl methyl sites for hydroxylation is 1. The molecule has 0 aliphatic rings. The smallest absolute Gasteiger partial charge is 0.325 e. The standard InChI is InChI=1S/C13H17NO4/c1-9-4-6-11(7-5-9)18-10(2)13(16)14-8-12(15)17-3/h4-7,10H,8H2,1-3H3,(H,14,16). The van der Waals surface area contributed by atoms with E-state index < -0.39 is 12.1 Å². The molecule has 1 amide bonds. The highest BCUT2D eigenvalue weighted by atomic mass is 16.5. The summed E-state index contributed by atoms with van der Waals surface area (Å²) in [4.78, 5) is 22.4. The fourth-order valence-electron chi connectivity index (χ4n) is 1.25. The number of esters is 1. The number of hydrogen-bond donors (Lipinski definition) is 1. The molecule has 5 nitrogen and oxygen atoms in total. The molecule has 1 N–H and O–H groups in total. The molecule has 0 saturated heterocycles. The second kappa shape index (κ2) is 6.64. The Labute approximate surface area is 106 Å². The number of carbonyl (C=O) groups is 2. The van der Waals surface area contributed by atoms with Crippen molar-refractivity contribution in [2.24, 2.45) is 0 Å². The normalized spacial score (nSPS) is 11.5. The Kier molecular flexibility index (Phi) is 5.17. The highest BCUT2D eigenvalue weighted by molar-refractivity contribution is 5.84. The Balaban J connectivity index is 2.44. The van der Waals surface area contributed by atoms with E-state index in [0.717, 1.165) is 5.56 Å². The molecule has 1 atom stereocenters. The maximum absolute atomic E-state index is 11.6. The van der Waals surface area contributed by atoms with Crippen LogP contribution in [0.1, 0.15) is 12.5 Å². The zero-order valence-electron chi connectivity index (χ0n) is 10.7. The second-order valence-electron chi connectivity index (χ2n) is 3.87. The minimum atomic E-state index is -0.669. The third-order valence-corrected chi connectivity index (χ3v) is 2.34. The van der Waals surface area contributed by atoms with Gasteiger partial charge >= 0.3 is 5.97 Å². The summed E-state index contributed by atoms with van der Waals surface area (Å²) in [5.74, 6) is -0.242. The zero-order chi connectivity index (χ0) is 13.5. The van der Waals surface area contributed by atoms with Crippen molar-refractivity contribution in [3.05, 3.63) is 29.8 Å². The third-order valence-electron chi connectivity index (χ3n) is 2.34. The van der Waals surface area contributed by atoms with Crippen LogP contribution in [0.4, 0.5) is 0 Å². The van der Waals surface area contributed by atoms with Gasteiger partial charge in [-0.3, -0.25) is 9.59 Å². The molecule has 98 valence electrons. The SMILES string of the molecule is COC(=O)CNC(=O)C(C)Oc1ccc(C)cc1. The summed E-state index contributed by atoms with van der Waals surface area (Å²) in [6, 6.07) is 7.38. The van der Waals surface area contributed by atoms with Crippen LogP contribution < -0.4 is 10.1 Å². The largest absolute Gasteiger partial charge is 0.481 e. The minimum absolute atomic E-state index is 0.156. The summed E-state index contributed by atoms with van der Waals surface area (Å²) >= 11 is 0. The Morgan fingerprint density at radius 3 is 2.44 bits per heavy atom. The maximum atomic E-state index is 11.6. The average Bonchev–Trinajstić information content (AvgIpc) is 2.38. The molecular weight excluding hydrogens is 234 g/mol. The highest BCUT2D eigenvalue weighted by Gasteiger charge is 2.15. The van der Waals surface area contributed by atoms with Crippen molar-refractivity contribution in [3.63, 3.8) is 0 Å². The van der Waals surface area contributed by atoms with Crippen LogP contribution in [0.25, 0.3) is 0 Å². The molecule has 0 heterocycles. The van der Waals surface area contributed by atoms with Gasteiger partial charge in [0, 0.05) is 0 Å². The number of benzene rings is 1. The van der Waals surface area contributed by atoms with Crippen molar-refractivity contribution in [2.45, 2.75) is 20.0 Å². The Morgan fingerprint density at radius 2 is 1.89 bits per heavy atom. The first-order valence-corrected chi connectivity index (χ1v) is 5.60. The van der Waals surface area contributed by atoms with Gasteiger partial charge in [-0.05, 0) is 26.0 Å². The van der Waals surface area contributed by atoms with E-state index in [9.17, 15) is 9.59 Å². The predicted molar refractivity (Wildman–Crippen MR) is 66.3 cm³/mol. The highest BCUT2D eigenvalue weighted by Crippen LogP contribution is 2.13. The summed E-state index contributed by atoms with van der Waals surface area (Å²) in [5, 5.41) is 2.43. The monoisotopic (exact) mass is 251 g/mol. The van der Waals surface area contributed by atoms with Gasteiger partial charge in [0.2, 0.25) is 0 Å². The van der Waals surface area contributed by atoms with E-state index in [1.807, 2.05) is 19.1 Å². The van der Waals surface area contributed by atoms with E-state index in [1.54, 1.807) is 19.1 Å². The van der Waals surface area contributed by atoms with E-state index in [-0.39, 0.29) is 12.5 Å². The molecule has 0 radical (unpaired) electrons. The number of carbonyl (C=O) groups excluding carboxylic acids is 2. The van der Waals surface area contributed by atoms with Crippen molar-refractivity contribution < 1.29 is 19.1 Å². The summed E-state index contributed by atoms with van der Waals surface area (Å²) in [6.45, 7) is 3.43. The molecule has 5 heteroatoms. The van der Waals surface area contributed by atoms with Gasteiger partial charge < -0.3 is 14.8 Å². The minimum Gasteiger partial charge on any atom is -0.481 e. The van der Waals surface area contributed by atoms with Crippen LogP contribution in [-0.2, 0) is 14.3 Å². The van der Waals surface area contributed by atoms with Crippen molar-refractivity contribution in [3.8, 4) is 5.75 Å². The Bertz CT molecular complexity index is 414. The first kappa shape index (κ1) is 14.0. The van der Waals surface area contributed by atoms with Crippen molar-refractivity contribution in [1.82, 2.24) is 5.32 Å². The van der Waals surface area contributed by atoms with Crippen LogP contribution in [0.2, 0.25) is 0 Å². The van der Waals surface area contributed by atoms with Crippen LogP contribution in [0, 0.1) is 6.92 Å². The van der Waals surface area contributed by atoms with E-state index in [0.29, 0.717) is 5.75 Å². The predicted octanol–water partition coefficient (Wildman–Crippen LogP) is 1.05. The lowest BCUT2D eigenvalue weighted by atomic mass is 10.2. The van der Waals surface area contributed by atoms with Crippen LogP contribution >= 0.6 is 0 Å². The fourth-order valence-corrected chi connectivity index (χ4v) is 1.25. The maximum Gasteiger partial charge on any atom is 0.325 e. The first-order chi connectivity index (χ1) is 8.52. The molecule has 0 aliphatic carbocycles. The number of amides is 1. The number of hydrogen-bond acceptors (Lipinski definition) is 4. The molecule has 0 saturated carbocycles. The Hall–Kier alpha value is -2.04. The van der Waals surface area contributed by atoms with Gasteiger partial charge in [0.25, 0.3) is 5.91 Å². The molecular formula is C13H17NO4. The lowest BCUT2D eigenvalue weighted by molar-refractivity contribution is -0.141. The van der Waals surface area contributed by atoms with Crippen LogP contribution in [0.3, 0.4) is 0 Å². The molecule has 0 bridgehead atoms. The molecule has 1 rings (SSSR count). The van der Waals surface area contributed by atoms with Crippen LogP contribution in [0.15, 0.2) is 24.3 Å². The molecule has 1 aromatic rings. The van der Waals surface area contributed by atoms with Gasteiger partial charge in [-0.2, -0.15) is 0 Å². The topological polar surface area (TPSA) is 64.6 Å². The average molecular weight is 251 g/mol. The number of rotatable bonds is 5. The number of ether oxygens (including phenoxy) is 2. The van der Waals surface area contributed by atoms with E-state index in [4.69, 9.17) is 4.74 Å². The zero-order valence-corrected chi connectivity index (χ0v) is 10.7. The lowest BCUT2D eigenvalue weighted by Gasteiger charge is -2.14. The third kappa shape index (κ3) is 4.45. The van der Waals surface area contributed by atoms with Crippen LogP contribution in [0.5, 0.6) is 5.75 Å². The Morgan fingerprint density at radius 1 is 1.28 bits per heavy atom. The van der Waals surface area contributed by atoms with E-state index in [1.165, 1.54) is 7.11 Å². The number of methoxy groups -OCH3 is 1. The molecule has 0 aliphatic heterocycles. The molecule has 0 fully saturated rings. The molecule has 1 unspecified atom stereocenters. The molecule has 18 heavy (non-hydrogen) atoms. The van der Waals surface area contributed by atoms with Crippen molar-refractivity contribution in [1.29, 1.82) is 0 Å². The van der Waals surface area contributed by atoms with E-state index in [2.05, 4.69) is 10.1 Å².